The summed E-state index contributed by atoms with van der Waals surface area (Å²) in [6, 6.07) is 20.5. The summed E-state index contributed by atoms with van der Waals surface area (Å²) in [4.78, 5) is 21.4. The van der Waals surface area contributed by atoms with Crippen molar-refractivity contribution in [3.63, 3.8) is 0 Å². The molecular formula is C30H33N5O3Si. The fourth-order valence-corrected chi connectivity index (χ4v) is 5.36. The maximum Gasteiger partial charge on any atom is 0.329 e. The van der Waals surface area contributed by atoms with Gasteiger partial charge in [-0.15, -0.1) is 0 Å². The highest BCUT2D eigenvalue weighted by molar-refractivity contribution is 6.76. The lowest BCUT2D eigenvalue weighted by Gasteiger charge is -2.17. The van der Waals surface area contributed by atoms with Crippen molar-refractivity contribution in [2.75, 3.05) is 6.61 Å². The van der Waals surface area contributed by atoms with Crippen molar-refractivity contribution in [2.24, 2.45) is 0 Å². The highest BCUT2D eigenvalue weighted by Gasteiger charge is 2.19. The molecular weight excluding hydrogens is 506 g/mol. The zero-order valence-electron chi connectivity index (χ0n) is 22.8. The number of aliphatic carboxylic acids is 1. The summed E-state index contributed by atoms with van der Waals surface area (Å²) in [6.07, 6.45) is 2.99. The lowest BCUT2D eigenvalue weighted by molar-refractivity contribution is -0.131. The number of carbonyl (C=O) groups is 1. The van der Waals surface area contributed by atoms with Crippen LogP contribution in [0.1, 0.15) is 18.3 Å². The Morgan fingerprint density at radius 3 is 2.49 bits per heavy atom. The van der Waals surface area contributed by atoms with E-state index in [9.17, 15) is 9.90 Å². The van der Waals surface area contributed by atoms with E-state index >= 15 is 0 Å². The van der Waals surface area contributed by atoms with Crippen LogP contribution >= 0.6 is 0 Å². The van der Waals surface area contributed by atoms with Crippen LogP contribution in [0.15, 0.2) is 72.9 Å². The van der Waals surface area contributed by atoms with E-state index in [1.54, 1.807) is 6.20 Å². The van der Waals surface area contributed by atoms with Crippen LogP contribution in [0, 0.1) is 0 Å². The average molecular weight is 540 g/mol. The van der Waals surface area contributed by atoms with E-state index in [1.165, 1.54) is 6.08 Å². The molecule has 0 radical (unpaired) electrons. The molecule has 8 nitrogen and oxygen atoms in total. The van der Waals surface area contributed by atoms with Crippen molar-refractivity contribution in [3.05, 3.63) is 84.3 Å². The van der Waals surface area contributed by atoms with Gasteiger partial charge in [0.1, 0.15) is 23.8 Å². The van der Waals surface area contributed by atoms with Gasteiger partial charge in [-0.05, 0) is 42.8 Å². The number of para-hydroxylation sites is 2. The quantitative estimate of drug-likeness (QED) is 0.127. The predicted octanol–water partition coefficient (Wildman–Crippen LogP) is 6.30. The van der Waals surface area contributed by atoms with Crippen LogP contribution in [0.2, 0.25) is 25.7 Å². The van der Waals surface area contributed by atoms with Crippen molar-refractivity contribution < 1.29 is 14.6 Å². The number of imidazole rings is 1. The summed E-state index contributed by atoms with van der Waals surface area (Å²) in [7, 11) is -1.24. The van der Waals surface area contributed by atoms with Gasteiger partial charge in [-0.3, -0.25) is 14.2 Å². The van der Waals surface area contributed by atoms with Crippen molar-refractivity contribution in [2.45, 2.75) is 45.9 Å². The molecule has 0 spiro atoms. The summed E-state index contributed by atoms with van der Waals surface area (Å²) >= 11 is 0. The van der Waals surface area contributed by atoms with Crippen molar-refractivity contribution in [1.29, 1.82) is 0 Å². The Kier molecular flexibility index (Phi) is 7.45. The number of fused-ring (bicyclic) bond motifs is 2. The van der Waals surface area contributed by atoms with Gasteiger partial charge in [0.25, 0.3) is 0 Å². The number of aryl methyl sites for hydroxylation is 1. The van der Waals surface area contributed by atoms with E-state index in [0.29, 0.717) is 24.7 Å². The molecule has 0 amide bonds. The second kappa shape index (κ2) is 11.0. The standard InChI is InChI=1S/C30H33N5O3Si/c1-5-35-26-11-8-16-31-29(26)28(33-35)22-14-12-21(13-15-22)23(19-27(36)37)30-32-24-9-6-7-10-25(24)34(30)20-38-17-18-39(2,3)4/h6-16,19H,5,17-18,20H2,1-4H3,(H,36,37). The first-order valence-corrected chi connectivity index (χ1v) is 16.9. The third kappa shape index (κ3) is 5.69. The van der Waals surface area contributed by atoms with Gasteiger partial charge in [0.15, 0.2) is 0 Å². The first-order valence-electron chi connectivity index (χ1n) is 13.2. The molecule has 0 saturated heterocycles. The van der Waals surface area contributed by atoms with Gasteiger partial charge in [-0.2, -0.15) is 5.10 Å². The normalized spacial score (nSPS) is 12.5. The lowest BCUT2D eigenvalue weighted by atomic mass is 10.0. The van der Waals surface area contributed by atoms with Crippen LogP contribution in [0.5, 0.6) is 0 Å². The van der Waals surface area contributed by atoms with Crippen LogP contribution < -0.4 is 0 Å². The zero-order valence-corrected chi connectivity index (χ0v) is 23.8. The third-order valence-electron chi connectivity index (χ3n) is 6.66. The smallest absolute Gasteiger partial charge is 0.329 e. The van der Waals surface area contributed by atoms with Gasteiger partial charge < -0.3 is 9.84 Å². The number of pyridine rings is 1. The second-order valence-electron chi connectivity index (χ2n) is 10.7. The van der Waals surface area contributed by atoms with Crippen molar-refractivity contribution >= 4 is 41.7 Å². The highest BCUT2D eigenvalue weighted by Crippen LogP contribution is 2.31. The molecule has 0 aliphatic heterocycles. The summed E-state index contributed by atoms with van der Waals surface area (Å²) in [5.41, 5.74) is 6.47. The van der Waals surface area contributed by atoms with Gasteiger partial charge in [0, 0.05) is 44.6 Å². The minimum atomic E-state index is -1.24. The maximum atomic E-state index is 12.0. The molecule has 0 unspecified atom stereocenters. The molecule has 0 aliphatic carbocycles. The number of ether oxygens (including phenoxy) is 1. The SMILES string of the molecule is CCn1nc(-c2ccc(C(=CC(=O)O)c3nc4ccccc4n3COCC[Si](C)(C)C)cc2)c2ncccc21. The summed E-state index contributed by atoms with van der Waals surface area (Å²) in [5.74, 6) is -0.481. The number of carboxylic acid groups (broad SMARTS) is 1. The van der Waals surface area contributed by atoms with E-state index in [2.05, 4.69) is 31.5 Å². The summed E-state index contributed by atoms with van der Waals surface area (Å²) < 4.78 is 9.99. The number of carboxylic acids is 1. The maximum absolute atomic E-state index is 12.0. The topological polar surface area (TPSA) is 95.1 Å². The van der Waals surface area contributed by atoms with Gasteiger partial charge in [0.05, 0.1) is 16.6 Å². The molecule has 3 heterocycles. The molecule has 9 heteroatoms. The molecule has 0 fully saturated rings. The van der Waals surface area contributed by atoms with E-state index in [1.807, 2.05) is 69.9 Å². The van der Waals surface area contributed by atoms with Gasteiger partial charge in [-0.25, -0.2) is 9.78 Å². The predicted molar refractivity (Wildman–Crippen MR) is 157 cm³/mol. The van der Waals surface area contributed by atoms with Gasteiger partial charge in [-0.1, -0.05) is 56.0 Å². The number of benzene rings is 2. The molecule has 0 aliphatic rings. The number of hydrogen-bond donors (Lipinski definition) is 1. The van der Waals surface area contributed by atoms with Crippen LogP contribution in [0.25, 0.3) is 38.9 Å². The first kappa shape index (κ1) is 26.5. The second-order valence-corrected chi connectivity index (χ2v) is 16.3. The Morgan fingerprint density at radius 1 is 1.03 bits per heavy atom. The fraction of sp³-hybridized carbons (Fsp3) is 0.267. The van der Waals surface area contributed by atoms with Crippen LogP contribution in [0.4, 0.5) is 0 Å². The Bertz CT molecular complexity index is 1660. The largest absolute Gasteiger partial charge is 0.478 e. The molecule has 0 bridgehead atoms. The number of nitrogens with zero attached hydrogens (tertiary/aromatic N) is 5. The Morgan fingerprint density at radius 2 is 1.77 bits per heavy atom. The Labute approximate surface area is 228 Å². The molecule has 0 atom stereocenters. The molecule has 200 valence electrons. The third-order valence-corrected chi connectivity index (χ3v) is 8.36. The van der Waals surface area contributed by atoms with Crippen LogP contribution in [-0.2, 0) is 22.8 Å². The summed E-state index contributed by atoms with van der Waals surface area (Å²) in [5, 5.41) is 14.6. The molecule has 1 N–H and O–H groups in total. The van der Waals surface area contributed by atoms with Crippen LogP contribution in [-0.4, -0.2) is 50.1 Å². The molecule has 0 saturated carbocycles. The number of aromatic nitrogens is 5. The molecule has 2 aromatic carbocycles. The number of hydrogen-bond acceptors (Lipinski definition) is 5. The summed E-state index contributed by atoms with van der Waals surface area (Å²) in [6.45, 7) is 10.7. The minimum Gasteiger partial charge on any atom is -0.478 e. The van der Waals surface area contributed by atoms with Gasteiger partial charge >= 0.3 is 5.97 Å². The van der Waals surface area contributed by atoms with E-state index < -0.39 is 14.0 Å². The van der Waals surface area contributed by atoms with E-state index in [-0.39, 0.29) is 0 Å². The lowest BCUT2D eigenvalue weighted by Crippen LogP contribution is -2.22. The van der Waals surface area contributed by atoms with Crippen LogP contribution in [0.3, 0.4) is 0 Å². The van der Waals surface area contributed by atoms with Crippen molar-refractivity contribution in [1.82, 2.24) is 24.3 Å². The monoisotopic (exact) mass is 539 g/mol. The van der Waals surface area contributed by atoms with E-state index in [4.69, 9.17) is 14.8 Å². The Hall–Kier alpha value is -4.08. The Balaban J connectivity index is 1.54. The molecule has 5 rings (SSSR count). The molecule has 5 aromatic rings. The average Bonchev–Trinajstić information content (AvgIpc) is 3.48. The highest BCUT2D eigenvalue weighted by atomic mass is 28.3. The van der Waals surface area contributed by atoms with Gasteiger partial charge in [0.2, 0.25) is 0 Å². The van der Waals surface area contributed by atoms with Crippen molar-refractivity contribution in [3.8, 4) is 11.3 Å². The molecule has 39 heavy (non-hydrogen) atoms. The van der Waals surface area contributed by atoms with E-state index in [0.717, 1.165) is 51.5 Å². The minimum absolute atomic E-state index is 0.293. The first-order chi connectivity index (χ1) is 18.7. The number of rotatable bonds is 10. The zero-order chi connectivity index (χ0) is 27.6. The fourth-order valence-electron chi connectivity index (χ4n) is 4.60. The molecule has 3 aromatic heterocycles.